The first-order chi connectivity index (χ1) is 7.76. The summed E-state index contributed by atoms with van der Waals surface area (Å²) in [5, 5.41) is 15.3. The van der Waals surface area contributed by atoms with Gasteiger partial charge < -0.3 is 15.7 Å². The van der Waals surface area contributed by atoms with Gasteiger partial charge in [-0.2, -0.15) is 0 Å². The van der Waals surface area contributed by atoms with Crippen LogP contribution in [0.3, 0.4) is 0 Å². The molecule has 0 aliphatic carbocycles. The monoisotopic (exact) mass is 223 g/mol. The molecule has 1 aromatic rings. The fourth-order valence-corrected chi connectivity index (χ4v) is 1.38. The number of anilines is 2. The van der Waals surface area contributed by atoms with Gasteiger partial charge in [0.25, 0.3) is 0 Å². The van der Waals surface area contributed by atoms with Crippen LogP contribution >= 0.6 is 0 Å². The molecule has 1 heterocycles. The van der Waals surface area contributed by atoms with Gasteiger partial charge >= 0.3 is 0 Å². The van der Waals surface area contributed by atoms with E-state index < -0.39 is 0 Å². The minimum atomic E-state index is 0.196. The van der Waals surface area contributed by atoms with E-state index in [1.54, 1.807) is 0 Å². The van der Waals surface area contributed by atoms with E-state index in [0.29, 0.717) is 0 Å². The van der Waals surface area contributed by atoms with Crippen molar-refractivity contribution in [3.05, 3.63) is 18.2 Å². The van der Waals surface area contributed by atoms with Gasteiger partial charge in [0.15, 0.2) is 0 Å². The van der Waals surface area contributed by atoms with Gasteiger partial charge in [0, 0.05) is 19.2 Å². The van der Waals surface area contributed by atoms with Crippen LogP contribution in [0.5, 0.6) is 0 Å². The molecule has 0 bridgehead atoms. The Morgan fingerprint density at radius 3 is 2.81 bits per heavy atom. The molecule has 1 rings (SSSR count). The van der Waals surface area contributed by atoms with E-state index in [0.717, 1.165) is 31.0 Å². The van der Waals surface area contributed by atoms with Crippen LogP contribution in [0.2, 0.25) is 0 Å². The standard InChI is InChI=1S/C12H21N3O/c1-3-8-13-11-5-4-6-12(15-11)14-10(2)7-9-16/h4-6,10,16H,3,7-9H2,1-2H3,(H2,13,14,15). The van der Waals surface area contributed by atoms with E-state index >= 15 is 0 Å². The third-order valence-corrected chi connectivity index (χ3v) is 2.26. The van der Waals surface area contributed by atoms with E-state index in [1.165, 1.54) is 0 Å². The molecule has 0 spiro atoms. The third-order valence-electron chi connectivity index (χ3n) is 2.26. The normalized spacial score (nSPS) is 12.2. The summed E-state index contributed by atoms with van der Waals surface area (Å²) < 4.78 is 0. The summed E-state index contributed by atoms with van der Waals surface area (Å²) in [6.07, 6.45) is 1.81. The van der Waals surface area contributed by atoms with E-state index in [-0.39, 0.29) is 12.6 Å². The van der Waals surface area contributed by atoms with Crippen molar-refractivity contribution >= 4 is 11.6 Å². The van der Waals surface area contributed by atoms with Crippen LogP contribution in [0.1, 0.15) is 26.7 Å². The first-order valence-electron chi connectivity index (χ1n) is 5.84. The van der Waals surface area contributed by atoms with Gasteiger partial charge in [-0.1, -0.05) is 13.0 Å². The van der Waals surface area contributed by atoms with Crippen LogP contribution in [0.25, 0.3) is 0 Å². The van der Waals surface area contributed by atoms with Crippen molar-refractivity contribution in [3.63, 3.8) is 0 Å². The Morgan fingerprint density at radius 2 is 2.12 bits per heavy atom. The zero-order valence-electron chi connectivity index (χ0n) is 10.0. The second-order valence-corrected chi connectivity index (χ2v) is 3.89. The topological polar surface area (TPSA) is 57.2 Å². The number of aliphatic hydroxyl groups excluding tert-OH is 1. The lowest BCUT2D eigenvalue weighted by molar-refractivity contribution is 0.282. The van der Waals surface area contributed by atoms with Gasteiger partial charge in [0.2, 0.25) is 0 Å². The molecule has 4 heteroatoms. The molecule has 90 valence electrons. The molecular weight excluding hydrogens is 202 g/mol. The highest BCUT2D eigenvalue weighted by Gasteiger charge is 2.02. The Bertz CT molecular complexity index is 304. The van der Waals surface area contributed by atoms with Crippen LogP contribution in [0.4, 0.5) is 11.6 Å². The maximum Gasteiger partial charge on any atom is 0.128 e. The number of hydrogen-bond donors (Lipinski definition) is 3. The number of aliphatic hydroxyl groups is 1. The Labute approximate surface area is 97.1 Å². The molecule has 0 aliphatic heterocycles. The van der Waals surface area contributed by atoms with E-state index in [4.69, 9.17) is 5.11 Å². The van der Waals surface area contributed by atoms with Gasteiger partial charge in [0.05, 0.1) is 0 Å². The van der Waals surface area contributed by atoms with Crippen LogP contribution in [0, 0.1) is 0 Å². The van der Waals surface area contributed by atoms with Crippen LogP contribution in [0.15, 0.2) is 18.2 Å². The minimum Gasteiger partial charge on any atom is -0.396 e. The fourth-order valence-electron chi connectivity index (χ4n) is 1.38. The lowest BCUT2D eigenvalue weighted by Gasteiger charge is -2.14. The molecule has 0 amide bonds. The number of nitrogens with zero attached hydrogens (tertiary/aromatic N) is 1. The van der Waals surface area contributed by atoms with Gasteiger partial charge in [-0.25, -0.2) is 4.98 Å². The molecule has 0 fully saturated rings. The number of pyridine rings is 1. The number of nitrogens with one attached hydrogen (secondary N) is 2. The van der Waals surface area contributed by atoms with Crippen molar-refractivity contribution < 1.29 is 5.11 Å². The van der Waals surface area contributed by atoms with Crippen molar-refractivity contribution in [2.45, 2.75) is 32.7 Å². The second-order valence-electron chi connectivity index (χ2n) is 3.89. The molecule has 1 aromatic heterocycles. The Balaban J connectivity index is 2.52. The van der Waals surface area contributed by atoms with Crippen LogP contribution in [-0.4, -0.2) is 29.3 Å². The molecule has 0 saturated carbocycles. The molecule has 4 nitrogen and oxygen atoms in total. The third kappa shape index (κ3) is 4.49. The van der Waals surface area contributed by atoms with E-state index in [9.17, 15) is 0 Å². The zero-order valence-corrected chi connectivity index (χ0v) is 10.0. The van der Waals surface area contributed by atoms with Crippen molar-refractivity contribution in [1.29, 1.82) is 0 Å². The van der Waals surface area contributed by atoms with Gasteiger partial charge in [-0.3, -0.25) is 0 Å². The van der Waals surface area contributed by atoms with Crippen molar-refractivity contribution in [3.8, 4) is 0 Å². The molecule has 3 N–H and O–H groups in total. The van der Waals surface area contributed by atoms with Crippen molar-refractivity contribution in [2.24, 2.45) is 0 Å². The number of hydrogen-bond acceptors (Lipinski definition) is 4. The number of aromatic nitrogens is 1. The molecule has 1 unspecified atom stereocenters. The van der Waals surface area contributed by atoms with Crippen LogP contribution < -0.4 is 10.6 Å². The molecule has 1 atom stereocenters. The second kappa shape index (κ2) is 7.06. The molecule has 0 radical (unpaired) electrons. The quantitative estimate of drug-likeness (QED) is 0.662. The van der Waals surface area contributed by atoms with E-state index in [1.807, 2.05) is 25.1 Å². The first kappa shape index (κ1) is 12.8. The summed E-state index contributed by atoms with van der Waals surface area (Å²) in [5.74, 6) is 1.74. The molecule has 0 saturated heterocycles. The summed E-state index contributed by atoms with van der Waals surface area (Å²) in [7, 11) is 0. The summed E-state index contributed by atoms with van der Waals surface area (Å²) in [6.45, 7) is 5.28. The Kier molecular flexibility index (Phi) is 5.64. The zero-order chi connectivity index (χ0) is 11.8. The summed E-state index contributed by atoms with van der Waals surface area (Å²) in [4.78, 5) is 4.43. The lowest BCUT2D eigenvalue weighted by atomic mass is 10.2. The molecule has 0 aliphatic rings. The minimum absolute atomic E-state index is 0.196. The smallest absolute Gasteiger partial charge is 0.128 e. The Hall–Kier alpha value is -1.29. The fraction of sp³-hybridized carbons (Fsp3) is 0.583. The Morgan fingerprint density at radius 1 is 1.38 bits per heavy atom. The highest BCUT2D eigenvalue weighted by atomic mass is 16.3. The summed E-state index contributed by atoms with van der Waals surface area (Å²) in [6, 6.07) is 6.10. The van der Waals surface area contributed by atoms with Gasteiger partial charge in [0.1, 0.15) is 11.6 Å². The maximum atomic E-state index is 8.81. The highest BCUT2D eigenvalue weighted by molar-refractivity contribution is 5.45. The largest absolute Gasteiger partial charge is 0.396 e. The first-order valence-corrected chi connectivity index (χ1v) is 5.84. The van der Waals surface area contributed by atoms with E-state index in [2.05, 4.69) is 22.5 Å². The van der Waals surface area contributed by atoms with Crippen molar-refractivity contribution in [2.75, 3.05) is 23.8 Å². The molecule has 16 heavy (non-hydrogen) atoms. The van der Waals surface area contributed by atoms with Crippen molar-refractivity contribution in [1.82, 2.24) is 4.98 Å². The average molecular weight is 223 g/mol. The SMILES string of the molecule is CCCNc1cccc(NC(C)CCO)n1. The highest BCUT2D eigenvalue weighted by Crippen LogP contribution is 2.10. The summed E-state index contributed by atoms with van der Waals surface area (Å²) in [5.41, 5.74) is 0. The van der Waals surface area contributed by atoms with Gasteiger partial charge in [-0.05, 0) is 31.9 Å². The molecular formula is C12H21N3O. The predicted octanol–water partition coefficient (Wildman–Crippen LogP) is 2.09. The lowest BCUT2D eigenvalue weighted by Crippen LogP contribution is -2.17. The number of rotatable bonds is 7. The summed E-state index contributed by atoms with van der Waals surface area (Å²) >= 11 is 0. The predicted molar refractivity (Wildman–Crippen MR) is 67.8 cm³/mol. The van der Waals surface area contributed by atoms with Crippen LogP contribution in [-0.2, 0) is 0 Å². The average Bonchev–Trinajstić information content (AvgIpc) is 2.27. The maximum absolute atomic E-state index is 8.81. The van der Waals surface area contributed by atoms with Gasteiger partial charge in [-0.15, -0.1) is 0 Å². The molecule has 0 aromatic carbocycles.